The Bertz CT molecular complexity index is 363. The van der Waals surface area contributed by atoms with Gasteiger partial charge in [0.2, 0.25) is 0 Å². The fourth-order valence-corrected chi connectivity index (χ4v) is 2.72. The molecule has 4 N–H and O–H groups in total. The first kappa shape index (κ1) is 12.5. The van der Waals surface area contributed by atoms with Gasteiger partial charge in [0, 0.05) is 12.6 Å². The van der Waals surface area contributed by atoms with Gasteiger partial charge in [-0.05, 0) is 37.3 Å². The van der Waals surface area contributed by atoms with Crippen molar-refractivity contribution in [2.24, 2.45) is 5.92 Å². The molecule has 1 aliphatic rings. The average Bonchev–Trinajstić information content (AvgIpc) is 2.34. The molecule has 0 heterocycles. The van der Waals surface area contributed by atoms with Crippen molar-refractivity contribution >= 4 is 23.0 Å². The van der Waals surface area contributed by atoms with Crippen molar-refractivity contribution < 1.29 is 5.11 Å². The van der Waals surface area contributed by atoms with Gasteiger partial charge in [0.25, 0.3) is 0 Å². The third-order valence-electron chi connectivity index (χ3n) is 3.44. The monoisotopic (exact) mass is 254 g/mol. The number of rotatable bonds is 3. The number of aliphatic hydroxyl groups excluding tert-OH is 1. The second-order valence-corrected chi connectivity index (χ2v) is 5.17. The standard InChI is InChI=1S/C13H19ClN2O/c14-11-5-2-6-12(15)13(11)16-10-4-1-3-9(7-10)8-17/h2,5-6,9-10,16-17H,1,3-4,7-8,15H2. The van der Waals surface area contributed by atoms with Crippen LogP contribution in [-0.2, 0) is 0 Å². The molecule has 94 valence electrons. The molecule has 2 rings (SSSR count). The highest BCUT2D eigenvalue weighted by atomic mass is 35.5. The largest absolute Gasteiger partial charge is 0.397 e. The van der Waals surface area contributed by atoms with Crippen molar-refractivity contribution in [3.05, 3.63) is 23.2 Å². The molecule has 1 aromatic carbocycles. The molecule has 1 saturated carbocycles. The zero-order chi connectivity index (χ0) is 12.3. The van der Waals surface area contributed by atoms with E-state index >= 15 is 0 Å². The van der Waals surface area contributed by atoms with E-state index < -0.39 is 0 Å². The van der Waals surface area contributed by atoms with Gasteiger partial charge in [-0.3, -0.25) is 0 Å². The van der Waals surface area contributed by atoms with E-state index in [0.717, 1.165) is 31.4 Å². The first-order valence-electron chi connectivity index (χ1n) is 6.12. The highest BCUT2D eigenvalue weighted by Crippen LogP contribution is 2.32. The van der Waals surface area contributed by atoms with Crippen LogP contribution in [0.5, 0.6) is 0 Å². The number of anilines is 2. The lowest BCUT2D eigenvalue weighted by molar-refractivity contribution is 0.184. The van der Waals surface area contributed by atoms with Gasteiger partial charge in [-0.15, -0.1) is 0 Å². The summed E-state index contributed by atoms with van der Waals surface area (Å²) in [4.78, 5) is 0. The summed E-state index contributed by atoms with van der Waals surface area (Å²) >= 11 is 6.13. The lowest BCUT2D eigenvalue weighted by Crippen LogP contribution is -2.29. The lowest BCUT2D eigenvalue weighted by atomic mass is 9.86. The van der Waals surface area contributed by atoms with Crippen LogP contribution in [0.1, 0.15) is 25.7 Å². The van der Waals surface area contributed by atoms with Gasteiger partial charge in [0.05, 0.1) is 16.4 Å². The predicted molar refractivity (Wildman–Crippen MR) is 72.3 cm³/mol. The smallest absolute Gasteiger partial charge is 0.0765 e. The van der Waals surface area contributed by atoms with Gasteiger partial charge in [-0.2, -0.15) is 0 Å². The maximum atomic E-state index is 9.21. The molecular weight excluding hydrogens is 236 g/mol. The van der Waals surface area contributed by atoms with E-state index in [1.165, 1.54) is 0 Å². The molecule has 1 aliphatic carbocycles. The Labute approximate surface area is 107 Å². The van der Waals surface area contributed by atoms with Gasteiger partial charge >= 0.3 is 0 Å². The van der Waals surface area contributed by atoms with Crippen LogP contribution in [0.3, 0.4) is 0 Å². The van der Waals surface area contributed by atoms with Crippen molar-refractivity contribution in [1.29, 1.82) is 0 Å². The Morgan fingerprint density at radius 2 is 2.24 bits per heavy atom. The summed E-state index contributed by atoms with van der Waals surface area (Å²) in [5, 5.41) is 13.3. The summed E-state index contributed by atoms with van der Waals surface area (Å²) in [6.45, 7) is 0.274. The Morgan fingerprint density at radius 1 is 1.41 bits per heavy atom. The first-order chi connectivity index (χ1) is 8.20. The van der Waals surface area contributed by atoms with Crippen molar-refractivity contribution in [3.63, 3.8) is 0 Å². The Hall–Kier alpha value is -0.930. The minimum Gasteiger partial charge on any atom is -0.397 e. The normalized spacial score (nSPS) is 24.6. The minimum atomic E-state index is 0.274. The average molecular weight is 255 g/mol. The van der Waals surface area contributed by atoms with E-state index in [2.05, 4.69) is 5.32 Å². The molecule has 2 atom stereocenters. The molecule has 0 spiro atoms. The van der Waals surface area contributed by atoms with E-state index in [1.54, 1.807) is 0 Å². The maximum Gasteiger partial charge on any atom is 0.0765 e. The van der Waals surface area contributed by atoms with Crippen LogP contribution in [-0.4, -0.2) is 17.8 Å². The predicted octanol–water partition coefficient (Wildman–Crippen LogP) is 2.89. The van der Waals surface area contributed by atoms with Gasteiger partial charge in [0.15, 0.2) is 0 Å². The van der Waals surface area contributed by atoms with Crippen molar-refractivity contribution in [3.8, 4) is 0 Å². The Kier molecular flexibility index (Phi) is 4.13. The Balaban J connectivity index is 2.05. The van der Waals surface area contributed by atoms with Crippen LogP contribution >= 0.6 is 11.6 Å². The van der Waals surface area contributed by atoms with Gasteiger partial charge in [-0.1, -0.05) is 24.1 Å². The van der Waals surface area contributed by atoms with E-state index in [0.29, 0.717) is 22.7 Å². The second-order valence-electron chi connectivity index (χ2n) is 4.76. The summed E-state index contributed by atoms with van der Waals surface area (Å²) in [5.74, 6) is 0.407. The molecule has 0 radical (unpaired) electrons. The number of hydrogen-bond acceptors (Lipinski definition) is 3. The number of nitrogens with two attached hydrogens (primary N) is 1. The van der Waals surface area contributed by atoms with Crippen LogP contribution in [0.25, 0.3) is 0 Å². The lowest BCUT2D eigenvalue weighted by Gasteiger charge is -2.30. The van der Waals surface area contributed by atoms with Gasteiger partial charge < -0.3 is 16.2 Å². The third kappa shape index (κ3) is 3.05. The zero-order valence-corrected chi connectivity index (χ0v) is 10.6. The number of aliphatic hydroxyl groups is 1. The van der Waals surface area contributed by atoms with Crippen molar-refractivity contribution in [2.45, 2.75) is 31.7 Å². The molecule has 2 unspecified atom stereocenters. The second kappa shape index (κ2) is 5.61. The number of nitrogens with one attached hydrogen (secondary N) is 1. The molecule has 3 nitrogen and oxygen atoms in total. The van der Waals surface area contributed by atoms with Crippen LogP contribution in [0, 0.1) is 5.92 Å². The van der Waals surface area contributed by atoms with Crippen LogP contribution in [0.2, 0.25) is 5.02 Å². The molecule has 0 aromatic heterocycles. The van der Waals surface area contributed by atoms with Crippen LogP contribution < -0.4 is 11.1 Å². The molecule has 0 aliphatic heterocycles. The molecule has 1 fully saturated rings. The van der Waals surface area contributed by atoms with E-state index in [9.17, 15) is 5.11 Å². The van der Waals surface area contributed by atoms with E-state index in [-0.39, 0.29) is 6.61 Å². The SMILES string of the molecule is Nc1cccc(Cl)c1NC1CCCC(CO)C1. The highest BCUT2D eigenvalue weighted by molar-refractivity contribution is 6.33. The maximum absolute atomic E-state index is 9.21. The van der Waals surface area contributed by atoms with Crippen molar-refractivity contribution in [2.75, 3.05) is 17.7 Å². The van der Waals surface area contributed by atoms with E-state index in [4.69, 9.17) is 17.3 Å². The molecule has 17 heavy (non-hydrogen) atoms. The number of nitrogen functional groups attached to an aromatic ring is 1. The van der Waals surface area contributed by atoms with Crippen LogP contribution in [0.15, 0.2) is 18.2 Å². The fourth-order valence-electron chi connectivity index (χ4n) is 2.49. The summed E-state index contributed by atoms with van der Waals surface area (Å²) in [6, 6.07) is 5.90. The summed E-state index contributed by atoms with van der Waals surface area (Å²) in [7, 11) is 0. The number of hydrogen-bond donors (Lipinski definition) is 3. The molecule has 0 saturated heterocycles. The van der Waals surface area contributed by atoms with Crippen LogP contribution in [0.4, 0.5) is 11.4 Å². The molecule has 4 heteroatoms. The first-order valence-corrected chi connectivity index (χ1v) is 6.50. The minimum absolute atomic E-state index is 0.274. The molecule has 1 aromatic rings. The summed E-state index contributed by atoms with van der Waals surface area (Å²) < 4.78 is 0. The summed E-state index contributed by atoms with van der Waals surface area (Å²) in [6.07, 6.45) is 4.36. The number of para-hydroxylation sites is 1. The zero-order valence-electron chi connectivity index (χ0n) is 9.82. The summed E-state index contributed by atoms with van der Waals surface area (Å²) in [5.41, 5.74) is 7.42. The van der Waals surface area contributed by atoms with Gasteiger partial charge in [-0.25, -0.2) is 0 Å². The molecular formula is C13H19ClN2O. The fraction of sp³-hybridized carbons (Fsp3) is 0.538. The number of halogens is 1. The van der Waals surface area contributed by atoms with Gasteiger partial charge in [0.1, 0.15) is 0 Å². The molecule has 0 bridgehead atoms. The number of benzene rings is 1. The Morgan fingerprint density at radius 3 is 2.94 bits per heavy atom. The highest BCUT2D eigenvalue weighted by Gasteiger charge is 2.22. The van der Waals surface area contributed by atoms with E-state index in [1.807, 2.05) is 18.2 Å². The van der Waals surface area contributed by atoms with Crippen molar-refractivity contribution in [1.82, 2.24) is 0 Å². The third-order valence-corrected chi connectivity index (χ3v) is 3.75. The quantitative estimate of drug-likeness (QED) is 0.727. The topological polar surface area (TPSA) is 58.3 Å². The molecule has 0 amide bonds.